The van der Waals surface area contributed by atoms with Gasteiger partial charge in [-0.15, -0.1) is 17.7 Å². The van der Waals surface area contributed by atoms with Crippen molar-refractivity contribution in [2.75, 3.05) is 31.1 Å². The normalized spacial score (nSPS) is 12.9. The maximum atomic E-state index is 12.1. The molecule has 35 heavy (non-hydrogen) atoms. The van der Waals surface area contributed by atoms with E-state index in [4.69, 9.17) is 0 Å². The average Bonchev–Trinajstić information content (AvgIpc) is 2.82. The van der Waals surface area contributed by atoms with Crippen LogP contribution in [-0.4, -0.2) is 54.5 Å². The van der Waals surface area contributed by atoms with Crippen LogP contribution in [0.15, 0.2) is 71.2 Å². The molecule has 6 nitrogen and oxygen atoms in total. The number of anilines is 1. The summed E-state index contributed by atoms with van der Waals surface area (Å²) in [5, 5.41) is 10.1. The van der Waals surface area contributed by atoms with Crippen molar-refractivity contribution >= 4 is 27.1 Å². The van der Waals surface area contributed by atoms with Gasteiger partial charge >= 0.3 is 51.4 Å². The van der Waals surface area contributed by atoms with E-state index < -0.39 is 15.0 Å². The third-order valence-electron chi connectivity index (χ3n) is 6.01. The van der Waals surface area contributed by atoms with E-state index in [2.05, 4.69) is 43.2 Å². The number of benzene rings is 2. The molecule has 0 aromatic heterocycles. The molecule has 0 aliphatic heterocycles. The van der Waals surface area contributed by atoms with Crippen molar-refractivity contribution in [2.24, 2.45) is 0 Å². The van der Waals surface area contributed by atoms with Crippen LogP contribution in [0.25, 0.3) is 5.57 Å². The zero-order valence-corrected chi connectivity index (χ0v) is 25.0. The Kier molecular flexibility index (Phi) is 11.2. The van der Waals surface area contributed by atoms with Crippen LogP contribution >= 0.6 is 0 Å². The first kappa shape index (κ1) is 29.7. The number of aromatic hydroxyl groups is 1. The van der Waals surface area contributed by atoms with Crippen molar-refractivity contribution in [3.05, 3.63) is 83.5 Å². The zero-order valence-electron chi connectivity index (χ0n) is 21.1. The first-order valence-corrected chi connectivity index (χ1v) is 12.9. The van der Waals surface area contributed by atoms with Gasteiger partial charge in [-0.05, 0) is 73.6 Å². The fourth-order valence-electron chi connectivity index (χ4n) is 4.20. The predicted molar refractivity (Wildman–Crippen MR) is 136 cm³/mol. The summed E-state index contributed by atoms with van der Waals surface area (Å²) in [6, 6.07) is 12.5. The molecule has 180 valence electrons. The van der Waals surface area contributed by atoms with Gasteiger partial charge < -0.3 is 14.6 Å². The van der Waals surface area contributed by atoms with Crippen LogP contribution in [-0.2, 0) is 10.1 Å². The van der Waals surface area contributed by atoms with Crippen molar-refractivity contribution in [3.8, 4) is 5.75 Å². The van der Waals surface area contributed by atoms with Crippen molar-refractivity contribution in [1.82, 2.24) is 0 Å². The minimum atomic E-state index is -4.80. The first-order chi connectivity index (χ1) is 16.2. The third-order valence-corrected chi connectivity index (χ3v) is 6.88. The Morgan fingerprint density at radius 3 is 2.06 bits per heavy atom. The summed E-state index contributed by atoms with van der Waals surface area (Å²) >= 11 is 0. The van der Waals surface area contributed by atoms with Crippen molar-refractivity contribution < 1.29 is 74.0 Å². The van der Waals surface area contributed by atoms with Crippen LogP contribution < -0.4 is 56.3 Å². The second-order valence-electron chi connectivity index (χ2n) is 7.86. The molecule has 0 saturated heterocycles. The molecule has 2 aromatic rings. The largest absolute Gasteiger partial charge is 1.00 e. The SMILES string of the molecule is CCN(CC)c1ccc(C(=C2C=CC(=[N+](CC)CC)C=C2)c2cc(O)[c-]cc2S(=O)(=O)[O-])cc1.[K+]. The van der Waals surface area contributed by atoms with Gasteiger partial charge in [0.25, 0.3) is 0 Å². The summed E-state index contributed by atoms with van der Waals surface area (Å²) in [5.41, 5.74) is 4.27. The summed E-state index contributed by atoms with van der Waals surface area (Å²) < 4.78 is 38.5. The van der Waals surface area contributed by atoms with E-state index in [1.165, 1.54) is 6.07 Å². The topological polar surface area (TPSA) is 83.7 Å². The second-order valence-corrected chi connectivity index (χ2v) is 9.21. The monoisotopic (exact) mass is 518 g/mol. The molecule has 0 atom stereocenters. The van der Waals surface area contributed by atoms with E-state index in [0.717, 1.165) is 54.8 Å². The van der Waals surface area contributed by atoms with Gasteiger partial charge in [-0.1, -0.05) is 12.1 Å². The quantitative estimate of drug-likeness (QED) is 0.247. The van der Waals surface area contributed by atoms with Crippen molar-refractivity contribution in [3.63, 3.8) is 0 Å². The Labute approximate surface area is 251 Å². The van der Waals surface area contributed by atoms with Crippen LogP contribution in [0.4, 0.5) is 5.69 Å². The standard InChI is InChI=1S/C27H32N2O4S.K/c1-5-28(6-2)22-13-9-20(10-14-22)27(21-11-15-23(16-12-21)29(7-3)8-4)25-19-24(30)17-18-26(25)34(31,32)33;/h9-16,18-19,30H,5-8H2,1-4H3,(H,31,32,33);/q;+1/p-1. The average molecular weight is 519 g/mol. The molecule has 0 fully saturated rings. The molecule has 0 saturated carbocycles. The number of rotatable bonds is 8. The first-order valence-electron chi connectivity index (χ1n) is 11.5. The van der Waals surface area contributed by atoms with Gasteiger partial charge in [-0.2, -0.15) is 6.07 Å². The Morgan fingerprint density at radius 1 is 1.00 bits per heavy atom. The van der Waals surface area contributed by atoms with Crippen LogP contribution in [0.1, 0.15) is 38.8 Å². The Hall–Kier alpha value is -1.52. The summed E-state index contributed by atoms with van der Waals surface area (Å²) in [6.07, 6.45) is 7.78. The minimum absolute atomic E-state index is 0. The van der Waals surface area contributed by atoms with Crippen LogP contribution in [0.5, 0.6) is 5.75 Å². The number of nitrogens with zero attached hydrogens (tertiary/aromatic N) is 2. The van der Waals surface area contributed by atoms with Gasteiger partial charge in [0.15, 0.2) is 5.71 Å². The van der Waals surface area contributed by atoms with E-state index in [1.54, 1.807) is 0 Å². The molecule has 0 spiro atoms. The van der Waals surface area contributed by atoms with Crippen molar-refractivity contribution in [2.45, 2.75) is 32.6 Å². The molecule has 3 rings (SSSR count). The van der Waals surface area contributed by atoms with E-state index in [9.17, 15) is 18.1 Å². The van der Waals surface area contributed by atoms with E-state index in [1.807, 2.05) is 48.6 Å². The number of hydrogen-bond donors (Lipinski definition) is 1. The van der Waals surface area contributed by atoms with Crippen LogP contribution in [0.2, 0.25) is 0 Å². The molecule has 0 radical (unpaired) electrons. The molecule has 0 bridgehead atoms. The Balaban J connectivity index is 0.00000432. The van der Waals surface area contributed by atoms with E-state index in [0.29, 0.717) is 5.57 Å². The molecule has 0 heterocycles. The minimum Gasteiger partial charge on any atom is -0.754 e. The maximum Gasteiger partial charge on any atom is 1.00 e. The summed E-state index contributed by atoms with van der Waals surface area (Å²) in [4.78, 5) is 1.79. The summed E-state index contributed by atoms with van der Waals surface area (Å²) in [7, 11) is -4.80. The van der Waals surface area contributed by atoms with Crippen molar-refractivity contribution in [1.29, 1.82) is 0 Å². The molecular formula is C27H31KN2O4S. The molecule has 0 unspecified atom stereocenters. The van der Waals surface area contributed by atoms with E-state index in [-0.39, 0.29) is 62.7 Å². The Morgan fingerprint density at radius 2 is 1.57 bits per heavy atom. The van der Waals surface area contributed by atoms with Gasteiger partial charge in [0.05, 0.1) is 10.1 Å². The third kappa shape index (κ3) is 7.04. The predicted octanol–water partition coefficient (Wildman–Crippen LogP) is 1.37. The Bertz CT molecular complexity index is 1250. The number of allylic oxidation sites excluding steroid dienone is 5. The number of phenols is 1. The number of hydrogen-bond acceptors (Lipinski definition) is 5. The number of phenolic OH excluding ortho intramolecular Hbond substituents is 1. The fourth-order valence-corrected chi connectivity index (χ4v) is 4.84. The van der Waals surface area contributed by atoms with Crippen LogP contribution in [0, 0.1) is 6.07 Å². The molecule has 2 aromatic carbocycles. The van der Waals surface area contributed by atoms with E-state index >= 15 is 0 Å². The smallest absolute Gasteiger partial charge is 0.754 e. The fraction of sp³-hybridized carbons (Fsp3) is 0.296. The second kappa shape index (κ2) is 13.1. The summed E-state index contributed by atoms with van der Waals surface area (Å²) in [5.74, 6) is -0.237. The van der Waals surface area contributed by atoms with Gasteiger partial charge in [0.1, 0.15) is 13.1 Å². The maximum absolute atomic E-state index is 12.1. The molecule has 8 heteroatoms. The molecule has 1 N–H and O–H groups in total. The van der Waals surface area contributed by atoms with Gasteiger partial charge in [0, 0.05) is 36.7 Å². The molecule has 1 aliphatic carbocycles. The zero-order chi connectivity index (χ0) is 24.9. The molecule has 1 aliphatic rings. The molecular weight excluding hydrogens is 487 g/mol. The van der Waals surface area contributed by atoms with Gasteiger partial charge in [-0.25, -0.2) is 4.58 Å². The van der Waals surface area contributed by atoms with Gasteiger partial charge in [0.2, 0.25) is 0 Å². The van der Waals surface area contributed by atoms with Gasteiger partial charge in [-0.3, -0.25) is 8.42 Å². The van der Waals surface area contributed by atoms with Crippen LogP contribution in [0.3, 0.4) is 0 Å². The molecule has 0 amide bonds. The summed E-state index contributed by atoms with van der Waals surface area (Å²) in [6.45, 7) is 11.8.